The molecule has 0 bridgehead atoms. The van der Waals surface area contributed by atoms with Crippen molar-refractivity contribution in [3.05, 3.63) is 293 Å². The third-order valence-electron chi connectivity index (χ3n) is 21.1. The molecule has 0 aliphatic carbocycles. The van der Waals surface area contributed by atoms with Crippen molar-refractivity contribution >= 4 is 42.7 Å². The minimum atomic E-state index is -0.467. The number of aryl methyl sites for hydroxylation is 10. The van der Waals surface area contributed by atoms with Crippen LogP contribution in [0.15, 0.2) is 200 Å². The summed E-state index contributed by atoms with van der Waals surface area (Å²) >= 11 is 0. The molecule has 1 aromatic heterocycles. The largest absolute Gasteiger partial charge is 0.505 e. The molecule has 576 valence electrons. The fourth-order valence-corrected chi connectivity index (χ4v) is 17.9. The number of nitrogens with zero attached hydrogens (tertiary/aromatic N) is 1. The second kappa shape index (κ2) is 33.2. The van der Waals surface area contributed by atoms with E-state index in [1.165, 1.54) is 57.6 Å². The maximum absolute atomic E-state index is 16.6. The van der Waals surface area contributed by atoms with Crippen LogP contribution >= 0.6 is 0 Å². The van der Waals surface area contributed by atoms with Crippen LogP contribution in [0.4, 0.5) is 20.2 Å². The van der Waals surface area contributed by atoms with Crippen molar-refractivity contribution < 1.29 is 54.3 Å². The molecule has 0 fully saturated rings. The van der Waals surface area contributed by atoms with Crippen molar-refractivity contribution in [1.29, 1.82) is 0 Å². The fraction of sp³-hybridized carbons (Fsp3) is 0.275. The van der Waals surface area contributed by atoms with Gasteiger partial charge in [-0.25, -0.2) is 8.78 Å². The van der Waals surface area contributed by atoms with E-state index in [0.717, 1.165) is 118 Å². The van der Waals surface area contributed by atoms with E-state index in [0.29, 0.717) is 56.3 Å². The number of anilines is 2. The molecule has 0 saturated carbocycles. The van der Waals surface area contributed by atoms with Crippen LogP contribution in [0.5, 0.6) is 23.0 Å². The molecular weight excluding hydrogens is 1560 g/mol. The van der Waals surface area contributed by atoms with Crippen LogP contribution in [0.25, 0.3) is 105 Å². The molecule has 0 saturated heterocycles. The first-order valence-corrected chi connectivity index (χ1v) is 39.6. The molecule has 12 aromatic carbocycles. The van der Waals surface area contributed by atoms with Gasteiger partial charge >= 0.3 is 0 Å². The van der Waals surface area contributed by atoms with Crippen molar-refractivity contribution in [3.8, 4) is 107 Å². The van der Waals surface area contributed by atoms with Crippen LogP contribution in [-0.4, -0.2) is 36.8 Å². The van der Waals surface area contributed by atoms with Gasteiger partial charge in [-0.15, -0.1) is 0 Å². The number of halogens is 2. The molecular formula is C102H110F2HfN2O4Si-2. The molecule has 1 heterocycles. The zero-order valence-electron chi connectivity index (χ0n) is 69.8. The van der Waals surface area contributed by atoms with Gasteiger partial charge in [0.2, 0.25) is 0 Å². The molecule has 0 unspecified atom stereocenters. The van der Waals surface area contributed by atoms with E-state index in [1.807, 2.05) is 26.0 Å². The summed E-state index contributed by atoms with van der Waals surface area (Å²) in [6.07, 6.45) is 1.95. The van der Waals surface area contributed by atoms with Gasteiger partial charge in [0.25, 0.3) is 0 Å². The van der Waals surface area contributed by atoms with E-state index in [4.69, 9.17) is 9.47 Å². The van der Waals surface area contributed by atoms with E-state index in [-0.39, 0.29) is 85.0 Å². The summed E-state index contributed by atoms with van der Waals surface area (Å²) in [5.74, 6) is -0.127. The molecule has 10 heteroatoms. The number of fused-ring (bicyclic) bond motifs is 3. The first-order chi connectivity index (χ1) is 51.4. The van der Waals surface area contributed by atoms with Gasteiger partial charge in [0, 0.05) is 70.1 Å². The predicted octanol–water partition coefficient (Wildman–Crippen LogP) is 28.4. The summed E-state index contributed by atoms with van der Waals surface area (Å²) < 4.78 is 49.0. The average Bonchev–Trinajstić information content (AvgIpc) is 1.53. The minimum absolute atomic E-state index is 0. The number of rotatable bonds is 20. The van der Waals surface area contributed by atoms with Gasteiger partial charge in [-0.3, -0.25) is 0 Å². The Morgan fingerprint density at radius 3 is 1.10 bits per heavy atom. The number of hydrogen-bond acceptors (Lipinski definition) is 5. The van der Waals surface area contributed by atoms with Crippen LogP contribution in [0.2, 0.25) is 0 Å². The third-order valence-corrected chi connectivity index (χ3v) is 21.8. The van der Waals surface area contributed by atoms with Crippen molar-refractivity contribution in [3.63, 3.8) is 0 Å². The zero-order chi connectivity index (χ0) is 78.1. The number of ether oxygens (including phenoxy) is 2. The quantitative estimate of drug-likeness (QED) is 0.0307. The molecule has 3 N–H and O–H groups in total. The summed E-state index contributed by atoms with van der Waals surface area (Å²) in [4.78, 5) is 0. The predicted molar refractivity (Wildman–Crippen MR) is 469 cm³/mol. The SMILES string of the molecule is Cc1cc(C)cc(-c2ccc(-c3ccc(-c4cc(C)cc(C)c4)cc3Nc3cc(C(C)(C)CC(C)(C)C)cc(-c4cc(F)cc(C)c4OC[Si]COc4c(C)cc(F)cc4-c4cc(C(C)(C)CC(C)(C)C)cc(-n5c6cc(-c7cc(C)cc(C)c7)ccc6c6ccc(-c7cc(C)cc(C)c7)cc65)c4O)c3O)cc2)c1.[CH3-].[CH3-].[Hf]. The Bertz CT molecular complexity index is 5520. The smallest absolute Gasteiger partial charge is 0.147 e. The Labute approximate surface area is 687 Å². The van der Waals surface area contributed by atoms with Crippen LogP contribution < -0.4 is 14.8 Å². The van der Waals surface area contributed by atoms with Crippen molar-refractivity contribution in [2.75, 3.05) is 17.8 Å². The molecule has 0 spiro atoms. The van der Waals surface area contributed by atoms with Crippen molar-refractivity contribution in [2.24, 2.45) is 10.8 Å². The summed E-state index contributed by atoms with van der Waals surface area (Å²) in [6, 6.07) is 69.0. The van der Waals surface area contributed by atoms with Crippen molar-refractivity contribution in [1.82, 2.24) is 4.57 Å². The number of aromatic hydroxyl groups is 2. The maximum atomic E-state index is 16.6. The van der Waals surface area contributed by atoms with Gasteiger partial charge in [-0.2, -0.15) is 0 Å². The molecule has 0 amide bonds. The van der Waals surface area contributed by atoms with Gasteiger partial charge in [0.1, 0.15) is 44.2 Å². The van der Waals surface area contributed by atoms with Gasteiger partial charge < -0.3 is 44.4 Å². The summed E-state index contributed by atoms with van der Waals surface area (Å²) in [5, 5.41) is 32.5. The standard InChI is InChI=1S/C100H104F2N2O4Si.2CH3.Hf/c1-58-31-59(2)36-73(35-58)68-21-23-69(24-22-68)81-28-25-70(74-37-60(3)32-61(4)38-74)45-88(81)103-89-50-77(99(17,18)54-97(11,12)13)48-84(93(89)105)86-52-79(101)43-66(9)95(86)107-56-109-57-108-96-67(10)44-80(102)53-87(96)85-49-78(100(19,20)55-98(14,15)16)51-92(94(85)106)104-90-46-71(75-39-62(5)33-63(6)40-75)26-29-82(90)83-30-27-72(47-91(83)104)76-41-64(7)34-65(8)42-76;;;/h21-53,103,105-106H,54-57H2,1-20H3;2*1H3;/q;2*-1;. The molecule has 0 aliphatic heterocycles. The second-order valence-electron chi connectivity index (χ2n) is 34.8. The Kier molecular flexibility index (Phi) is 25.2. The van der Waals surface area contributed by atoms with Crippen LogP contribution in [0.3, 0.4) is 0 Å². The Morgan fingerprint density at radius 1 is 0.348 bits per heavy atom. The van der Waals surface area contributed by atoms with Crippen LogP contribution in [-0.2, 0) is 36.7 Å². The Morgan fingerprint density at radius 2 is 0.696 bits per heavy atom. The Hall–Kier alpha value is -9.61. The molecule has 2 radical (unpaired) electrons. The molecule has 13 aromatic rings. The van der Waals surface area contributed by atoms with E-state index in [2.05, 4.69) is 298 Å². The monoisotopic (exact) mass is 1670 g/mol. The molecule has 13 rings (SSSR count). The van der Waals surface area contributed by atoms with Crippen LogP contribution in [0.1, 0.15) is 149 Å². The van der Waals surface area contributed by atoms with Gasteiger partial charge in [-0.1, -0.05) is 247 Å². The third kappa shape index (κ3) is 18.5. The van der Waals surface area contributed by atoms with Gasteiger partial charge in [-0.05, 0) is 243 Å². The van der Waals surface area contributed by atoms with Gasteiger partial charge in [0.05, 0.1) is 34.9 Å². The number of nitrogens with one attached hydrogen (secondary N) is 1. The molecule has 0 atom stereocenters. The number of hydrogen-bond donors (Lipinski definition) is 3. The van der Waals surface area contributed by atoms with Gasteiger partial charge in [0.15, 0.2) is 0 Å². The van der Waals surface area contributed by atoms with E-state index < -0.39 is 22.5 Å². The zero-order valence-corrected chi connectivity index (χ0v) is 74.4. The van der Waals surface area contributed by atoms with Crippen LogP contribution in [0, 0.1) is 107 Å². The summed E-state index contributed by atoms with van der Waals surface area (Å²) in [6.45, 7) is 43.1. The summed E-state index contributed by atoms with van der Waals surface area (Å²) in [7, 11) is 0.0283. The summed E-state index contributed by atoms with van der Waals surface area (Å²) in [5.41, 5.74) is 27.4. The first kappa shape index (κ1) is 84.8. The number of phenolic OH excluding ortho intramolecular Hbond substituents is 2. The number of phenols is 2. The second-order valence-corrected chi connectivity index (χ2v) is 35.9. The van der Waals surface area contributed by atoms with E-state index >= 15 is 8.78 Å². The molecule has 0 aliphatic rings. The maximum Gasteiger partial charge on any atom is 0.147 e. The Balaban J connectivity index is 0.00000444. The van der Waals surface area contributed by atoms with Crippen molar-refractivity contribution in [2.45, 2.75) is 162 Å². The first-order valence-electron chi connectivity index (χ1n) is 38.2. The number of aromatic nitrogens is 1. The normalized spacial score (nSPS) is 11.9. The average molecular weight is 1670 g/mol. The minimum Gasteiger partial charge on any atom is -0.505 e. The molecule has 6 nitrogen and oxygen atoms in total. The van der Waals surface area contributed by atoms with E-state index in [1.54, 1.807) is 0 Å². The molecule has 112 heavy (non-hydrogen) atoms. The number of benzene rings is 12. The van der Waals surface area contributed by atoms with E-state index in [9.17, 15) is 10.2 Å². The topological polar surface area (TPSA) is 75.9 Å². The fourth-order valence-electron chi connectivity index (χ4n) is 17.4.